The first-order chi connectivity index (χ1) is 15.1. The van der Waals surface area contributed by atoms with Gasteiger partial charge in [0.25, 0.3) is 0 Å². The van der Waals surface area contributed by atoms with Crippen molar-refractivity contribution in [3.63, 3.8) is 0 Å². The number of hydrogen-bond acceptors (Lipinski definition) is 5. The molecule has 0 radical (unpaired) electrons. The van der Waals surface area contributed by atoms with Gasteiger partial charge in [0, 0.05) is 11.4 Å². The van der Waals surface area contributed by atoms with Crippen LogP contribution >= 0.6 is 11.8 Å². The Morgan fingerprint density at radius 2 is 1.19 bits per heavy atom. The molecule has 7 heteroatoms. The molecule has 0 aliphatic carbocycles. The molecule has 0 fully saturated rings. The molecular weight excluding hydrogens is 412 g/mol. The number of carbonyl (C=O) groups is 2. The fourth-order valence-electron chi connectivity index (χ4n) is 2.66. The maximum absolute atomic E-state index is 12.1. The Hall–Kier alpha value is -3.45. The van der Waals surface area contributed by atoms with Crippen LogP contribution in [0.1, 0.15) is 6.92 Å². The number of nitrogens with one attached hydrogen (secondary N) is 2. The van der Waals surface area contributed by atoms with Crippen molar-refractivity contribution in [2.24, 2.45) is 0 Å². The van der Waals surface area contributed by atoms with E-state index in [-0.39, 0.29) is 23.3 Å². The van der Waals surface area contributed by atoms with Crippen molar-refractivity contribution in [1.29, 1.82) is 0 Å². The second-order valence-electron chi connectivity index (χ2n) is 6.49. The standard InChI is InChI=1S/C24H24N2O4S/c1-2-29-20-12-8-18(9-13-20)25-23(27)16-31-17-24(28)26-19-10-14-22(15-11-19)30-21-6-4-3-5-7-21/h3-15H,2,16-17H2,1H3,(H,25,27)(H,26,28). The number of rotatable bonds is 10. The number of ether oxygens (including phenoxy) is 2. The Kier molecular flexibility index (Phi) is 8.37. The number of hydrogen-bond donors (Lipinski definition) is 2. The zero-order valence-corrected chi connectivity index (χ0v) is 18.0. The molecule has 0 spiro atoms. The molecule has 0 atom stereocenters. The van der Waals surface area contributed by atoms with Crippen LogP contribution < -0.4 is 20.1 Å². The fraction of sp³-hybridized carbons (Fsp3) is 0.167. The van der Waals surface area contributed by atoms with E-state index in [1.807, 2.05) is 37.3 Å². The van der Waals surface area contributed by atoms with E-state index in [1.165, 1.54) is 11.8 Å². The van der Waals surface area contributed by atoms with E-state index in [1.54, 1.807) is 48.5 Å². The van der Waals surface area contributed by atoms with Crippen molar-refractivity contribution in [2.45, 2.75) is 6.92 Å². The zero-order valence-electron chi connectivity index (χ0n) is 17.2. The van der Waals surface area contributed by atoms with Crippen molar-refractivity contribution in [3.05, 3.63) is 78.9 Å². The summed E-state index contributed by atoms with van der Waals surface area (Å²) in [5, 5.41) is 5.61. The minimum atomic E-state index is -0.171. The Balaban J connectivity index is 1.37. The van der Waals surface area contributed by atoms with Crippen molar-refractivity contribution < 1.29 is 19.1 Å². The smallest absolute Gasteiger partial charge is 0.234 e. The number of thioether (sulfide) groups is 1. The van der Waals surface area contributed by atoms with E-state index in [4.69, 9.17) is 9.47 Å². The van der Waals surface area contributed by atoms with E-state index in [0.717, 1.165) is 11.5 Å². The summed E-state index contributed by atoms with van der Waals surface area (Å²) < 4.78 is 11.1. The van der Waals surface area contributed by atoms with Gasteiger partial charge in [0.1, 0.15) is 17.2 Å². The molecule has 0 aliphatic rings. The van der Waals surface area contributed by atoms with Crippen LogP contribution in [-0.2, 0) is 9.59 Å². The highest BCUT2D eigenvalue weighted by Crippen LogP contribution is 2.22. The summed E-state index contributed by atoms with van der Waals surface area (Å²) in [6, 6.07) is 23.8. The summed E-state index contributed by atoms with van der Waals surface area (Å²) in [4.78, 5) is 24.2. The minimum Gasteiger partial charge on any atom is -0.494 e. The normalized spacial score (nSPS) is 10.2. The van der Waals surface area contributed by atoms with E-state index < -0.39 is 0 Å². The third-order valence-electron chi connectivity index (χ3n) is 4.03. The van der Waals surface area contributed by atoms with Crippen molar-refractivity contribution in [1.82, 2.24) is 0 Å². The molecule has 0 unspecified atom stereocenters. The third kappa shape index (κ3) is 7.71. The molecule has 160 valence electrons. The first kappa shape index (κ1) is 22.2. The Morgan fingerprint density at radius 3 is 1.71 bits per heavy atom. The fourth-order valence-corrected chi connectivity index (χ4v) is 3.28. The SMILES string of the molecule is CCOc1ccc(NC(=O)CSCC(=O)Nc2ccc(Oc3ccccc3)cc2)cc1. The number of amides is 2. The van der Waals surface area contributed by atoms with Gasteiger partial charge in [-0.3, -0.25) is 9.59 Å². The average molecular weight is 437 g/mol. The van der Waals surface area contributed by atoms with Gasteiger partial charge in [0.15, 0.2) is 0 Å². The Bertz CT molecular complexity index is 977. The molecule has 0 heterocycles. The first-order valence-electron chi connectivity index (χ1n) is 9.85. The quantitative estimate of drug-likeness (QED) is 0.457. The summed E-state index contributed by atoms with van der Waals surface area (Å²) in [7, 11) is 0. The molecule has 2 amide bonds. The third-order valence-corrected chi connectivity index (χ3v) is 4.96. The Labute approximate surface area is 186 Å². The summed E-state index contributed by atoms with van der Waals surface area (Å²) in [6.45, 7) is 2.51. The lowest BCUT2D eigenvalue weighted by Crippen LogP contribution is -2.18. The van der Waals surface area contributed by atoms with E-state index in [2.05, 4.69) is 10.6 Å². The number of benzene rings is 3. The molecule has 3 aromatic carbocycles. The second-order valence-corrected chi connectivity index (χ2v) is 7.47. The first-order valence-corrected chi connectivity index (χ1v) is 11.0. The predicted octanol–water partition coefficient (Wildman–Crippen LogP) is 5.19. The molecule has 3 aromatic rings. The summed E-state index contributed by atoms with van der Waals surface area (Å²) >= 11 is 1.25. The highest BCUT2D eigenvalue weighted by molar-refractivity contribution is 8.00. The molecular formula is C24H24N2O4S. The van der Waals surface area contributed by atoms with Gasteiger partial charge >= 0.3 is 0 Å². The predicted molar refractivity (Wildman–Crippen MR) is 125 cm³/mol. The van der Waals surface area contributed by atoms with E-state index in [0.29, 0.717) is 23.7 Å². The molecule has 3 rings (SSSR count). The highest BCUT2D eigenvalue weighted by atomic mass is 32.2. The Morgan fingerprint density at radius 1 is 0.710 bits per heavy atom. The number of carbonyl (C=O) groups excluding carboxylic acids is 2. The molecule has 0 saturated carbocycles. The van der Waals surface area contributed by atoms with Gasteiger partial charge in [0.05, 0.1) is 18.1 Å². The van der Waals surface area contributed by atoms with E-state index >= 15 is 0 Å². The van der Waals surface area contributed by atoms with Gasteiger partial charge in [-0.1, -0.05) is 18.2 Å². The minimum absolute atomic E-state index is 0.163. The average Bonchev–Trinajstić information content (AvgIpc) is 2.77. The van der Waals surface area contributed by atoms with Crippen molar-refractivity contribution >= 4 is 35.0 Å². The number of para-hydroxylation sites is 1. The lowest BCUT2D eigenvalue weighted by molar-refractivity contribution is -0.114. The van der Waals surface area contributed by atoms with Gasteiger partial charge in [-0.05, 0) is 67.6 Å². The van der Waals surface area contributed by atoms with Gasteiger partial charge in [0.2, 0.25) is 11.8 Å². The lowest BCUT2D eigenvalue weighted by Gasteiger charge is -2.09. The van der Waals surface area contributed by atoms with Crippen LogP contribution in [0.25, 0.3) is 0 Å². The summed E-state index contributed by atoms with van der Waals surface area (Å²) in [5.41, 5.74) is 1.36. The monoisotopic (exact) mass is 436 g/mol. The van der Waals surface area contributed by atoms with Crippen LogP contribution in [0.5, 0.6) is 17.2 Å². The van der Waals surface area contributed by atoms with Crippen LogP contribution in [0.4, 0.5) is 11.4 Å². The largest absolute Gasteiger partial charge is 0.494 e. The highest BCUT2D eigenvalue weighted by Gasteiger charge is 2.07. The van der Waals surface area contributed by atoms with Crippen LogP contribution in [0, 0.1) is 0 Å². The van der Waals surface area contributed by atoms with Crippen molar-refractivity contribution in [2.75, 3.05) is 28.7 Å². The molecule has 0 saturated heterocycles. The molecule has 6 nitrogen and oxygen atoms in total. The molecule has 0 aromatic heterocycles. The molecule has 31 heavy (non-hydrogen) atoms. The second kappa shape index (κ2) is 11.7. The molecule has 2 N–H and O–H groups in total. The lowest BCUT2D eigenvalue weighted by atomic mass is 10.3. The van der Waals surface area contributed by atoms with Gasteiger partial charge in [-0.25, -0.2) is 0 Å². The topological polar surface area (TPSA) is 76.7 Å². The molecule has 0 bridgehead atoms. The van der Waals surface area contributed by atoms with Crippen LogP contribution in [0.3, 0.4) is 0 Å². The summed E-state index contributed by atoms with van der Waals surface area (Å²) in [6.07, 6.45) is 0. The van der Waals surface area contributed by atoms with Crippen LogP contribution in [0.2, 0.25) is 0 Å². The van der Waals surface area contributed by atoms with Gasteiger partial charge < -0.3 is 20.1 Å². The van der Waals surface area contributed by atoms with Crippen LogP contribution in [0.15, 0.2) is 78.9 Å². The summed E-state index contributed by atoms with van der Waals surface area (Å²) in [5.74, 6) is 2.22. The number of anilines is 2. The van der Waals surface area contributed by atoms with Gasteiger partial charge in [-0.15, -0.1) is 11.8 Å². The maximum atomic E-state index is 12.1. The van der Waals surface area contributed by atoms with Gasteiger partial charge in [-0.2, -0.15) is 0 Å². The van der Waals surface area contributed by atoms with Crippen LogP contribution in [-0.4, -0.2) is 29.9 Å². The van der Waals surface area contributed by atoms with Crippen molar-refractivity contribution in [3.8, 4) is 17.2 Å². The zero-order chi connectivity index (χ0) is 21.9. The molecule has 0 aliphatic heterocycles. The maximum Gasteiger partial charge on any atom is 0.234 e. The van der Waals surface area contributed by atoms with E-state index in [9.17, 15) is 9.59 Å².